The summed E-state index contributed by atoms with van der Waals surface area (Å²) in [5, 5.41) is 39.3. The molecule has 4 heterocycles. The van der Waals surface area contributed by atoms with Crippen LogP contribution in [-0.2, 0) is 23.0 Å². The van der Waals surface area contributed by atoms with E-state index in [2.05, 4.69) is 65.7 Å². The van der Waals surface area contributed by atoms with Gasteiger partial charge in [-0.1, -0.05) is 36.4 Å². The molecule has 0 fully saturated rings. The Morgan fingerprint density at radius 2 is 1.29 bits per heavy atom. The first-order valence-corrected chi connectivity index (χ1v) is 20.9. The Morgan fingerprint density at radius 3 is 1.98 bits per heavy atom. The van der Waals surface area contributed by atoms with Crippen molar-refractivity contribution in [3.63, 3.8) is 0 Å². The number of benzene rings is 6. The molecular weight excluding hydrogens is 803 g/mol. The van der Waals surface area contributed by atoms with Crippen LogP contribution in [0.25, 0.3) is 44.2 Å². The van der Waals surface area contributed by atoms with Crippen molar-refractivity contribution in [2.24, 2.45) is 25.4 Å². The molecular formula is C47H33N9O5S. The quantitative estimate of drug-likeness (QED) is 0.0809. The second-order valence-electron chi connectivity index (χ2n) is 14.9. The van der Waals surface area contributed by atoms with Gasteiger partial charge in [-0.15, -0.1) is 10.2 Å². The predicted molar refractivity (Wildman–Crippen MR) is 237 cm³/mol. The third-order valence-corrected chi connectivity index (χ3v) is 11.6. The van der Waals surface area contributed by atoms with E-state index in [1.54, 1.807) is 24.4 Å². The number of azo groups is 2. The summed E-state index contributed by atoms with van der Waals surface area (Å²) < 4.78 is 33.9. The number of nitrogens with zero attached hydrogens (tertiary/aromatic N) is 8. The Labute approximate surface area is 353 Å². The molecule has 6 aromatic carbocycles. The Balaban J connectivity index is 0.811. The van der Waals surface area contributed by atoms with Gasteiger partial charge in [0.2, 0.25) is 0 Å². The summed E-state index contributed by atoms with van der Waals surface area (Å²) in [7, 11) is -4.62. The van der Waals surface area contributed by atoms with Crippen LogP contribution in [0, 0.1) is 6.92 Å². The number of hydrogen-bond donors (Lipinski definition) is 4. The van der Waals surface area contributed by atoms with Gasteiger partial charge < -0.3 is 15.2 Å². The lowest BCUT2D eigenvalue weighted by Crippen LogP contribution is -2.00. The molecule has 0 saturated carbocycles. The minimum Gasteiger partial charge on any atom is -0.504 e. The highest BCUT2D eigenvalue weighted by Crippen LogP contribution is 2.40. The Morgan fingerprint density at radius 1 is 0.677 bits per heavy atom. The number of hydrogen-bond acceptors (Lipinski definition) is 12. The molecule has 3 aromatic heterocycles. The van der Waals surface area contributed by atoms with Crippen molar-refractivity contribution in [2.75, 3.05) is 0 Å². The second kappa shape index (κ2) is 15.2. The number of aromatic nitrogens is 4. The summed E-state index contributed by atoms with van der Waals surface area (Å²) >= 11 is 0. The van der Waals surface area contributed by atoms with Crippen LogP contribution in [-0.4, -0.2) is 48.8 Å². The predicted octanol–water partition coefficient (Wildman–Crippen LogP) is 11.4. The fourth-order valence-corrected chi connectivity index (χ4v) is 8.31. The number of phenols is 2. The van der Waals surface area contributed by atoms with Crippen molar-refractivity contribution in [1.29, 1.82) is 0 Å². The minimum atomic E-state index is -4.62. The van der Waals surface area contributed by atoms with Crippen LogP contribution < -0.4 is 0 Å². The van der Waals surface area contributed by atoms with Crippen molar-refractivity contribution in [1.82, 2.24) is 19.9 Å². The first kappa shape index (κ1) is 38.2. The molecule has 1 aliphatic rings. The average Bonchev–Trinajstić information content (AvgIpc) is 3.91. The zero-order valence-electron chi connectivity index (χ0n) is 32.8. The molecule has 0 amide bonds. The number of rotatable bonds is 9. The number of phenolic OH excluding ortho intramolecular Hbond substituents is 2. The van der Waals surface area contributed by atoms with E-state index in [1.807, 2.05) is 61.5 Å². The van der Waals surface area contributed by atoms with E-state index in [-0.39, 0.29) is 28.1 Å². The highest BCUT2D eigenvalue weighted by Gasteiger charge is 2.21. The molecule has 0 radical (unpaired) electrons. The molecule has 1 aliphatic heterocycles. The molecule has 4 N–H and O–H groups in total. The summed E-state index contributed by atoms with van der Waals surface area (Å²) in [5.41, 5.74) is 11.6. The lowest BCUT2D eigenvalue weighted by molar-refractivity contribution is 0.478. The van der Waals surface area contributed by atoms with Gasteiger partial charge >= 0.3 is 0 Å². The van der Waals surface area contributed by atoms with E-state index in [1.165, 1.54) is 18.3 Å². The first-order valence-electron chi connectivity index (χ1n) is 19.4. The van der Waals surface area contributed by atoms with E-state index in [0.717, 1.165) is 73.1 Å². The zero-order valence-corrected chi connectivity index (χ0v) is 33.6. The highest BCUT2D eigenvalue weighted by molar-refractivity contribution is 7.86. The molecule has 0 spiro atoms. The van der Waals surface area contributed by atoms with Crippen LogP contribution in [0.4, 0.5) is 28.4 Å². The van der Waals surface area contributed by atoms with Gasteiger partial charge in [-0.2, -0.15) is 18.6 Å². The number of aliphatic imine (C=N–C) groups is 1. The Bertz CT molecular complexity index is 3480. The molecule has 0 saturated heterocycles. The van der Waals surface area contributed by atoms with Crippen molar-refractivity contribution >= 4 is 77.1 Å². The standard InChI is InChI=1S/C47H33N9O5S/c1-26-20-40(45(57)43-34(26)4-2-18-48-43)55-53-33-15-11-30(12-16-33)47-51-36-17-7-28(23-39(36)52-47)21-27-6-8-31-24-38(50-37(31)22-27)29-9-13-32(14-10-29)54-56-41-25-42(62(59,60)61)35-5-3-19-49-44(35)46(41)58/h2-20,22-23,25,57-58H,21,24H2,1H3,(H,51,52)(H,59,60,61). The topological polar surface area (TPSA) is 211 Å². The molecule has 302 valence electrons. The zero-order chi connectivity index (χ0) is 42.5. The summed E-state index contributed by atoms with van der Waals surface area (Å²) in [5.74, 6) is 0.386. The Hall–Kier alpha value is -8.01. The average molecular weight is 836 g/mol. The number of aromatic amines is 1. The van der Waals surface area contributed by atoms with Crippen LogP contribution in [0.5, 0.6) is 11.5 Å². The maximum atomic E-state index is 12.0. The van der Waals surface area contributed by atoms with Gasteiger partial charge in [0, 0.05) is 35.2 Å². The van der Waals surface area contributed by atoms with Crippen molar-refractivity contribution < 1.29 is 23.2 Å². The molecule has 0 aliphatic carbocycles. The SMILES string of the molecule is Cc1cc(N=Nc2ccc(-c3nc4ccc(Cc5ccc6c(c5)N=C(c5ccc(N=Nc7cc(S(=O)(=O)O)c8cccnc8c7O)cc5)C6)cc4[nH]3)cc2)c(O)c2ncccc12. The molecule has 9 aromatic rings. The summed E-state index contributed by atoms with van der Waals surface area (Å²) in [6.07, 6.45) is 4.42. The molecule has 62 heavy (non-hydrogen) atoms. The third-order valence-electron chi connectivity index (χ3n) is 10.7. The summed E-state index contributed by atoms with van der Waals surface area (Å²) in [4.78, 5) is 21.2. The van der Waals surface area contributed by atoms with Gasteiger partial charge in [-0.05, 0) is 126 Å². The minimum absolute atomic E-state index is 0.000390. The number of pyridine rings is 2. The number of fused-ring (bicyclic) bond motifs is 4. The monoisotopic (exact) mass is 835 g/mol. The van der Waals surface area contributed by atoms with Gasteiger partial charge in [0.25, 0.3) is 10.1 Å². The van der Waals surface area contributed by atoms with Crippen molar-refractivity contribution in [2.45, 2.75) is 24.7 Å². The Kier molecular flexibility index (Phi) is 9.38. The molecule has 0 bridgehead atoms. The van der Waals surface area contributed by atoms with Crippen LogP contribution in [0.3, 0.4) is 0 Å². The fraction of sp³-hybridized carbons (Fsp3) is 0.0638. The van der Waals surface area contributed by atoms with E-state index in [9.17, 15) is 23.2 Å². The highest BCUT2D eigenvalue weighted by atomic mass is 32.2. The first-order chi connectivity index (χ1) is 30.0. The number of aryl methyl sites for hydroxylation is 1. The molecule has 10 rings (SSSR count). The number of imidazole rings is 1. The maximum Gasteiger partial charge on any atom is 0.295 e. The smallest absolute Gasteiger partial charge is 0.295 e. The summed E-state index contributed by atoms with van der Waals surface area (Å²) in [6.45, 7) is 1.95. The van der Waals surface area contributed by atoms with E-state index in [4.69, 9.17) is 9.98 Å². The largest absolute Gasteiger partial charge is 0.504 e. The normalized spacial score (nSPS) is 12.9. The summed E-state index contributed by atoms with van der Waals surface area (Å²) in [6, 6.07) is 37.0. The number of nitrogens with one attached hydrogen (secondary N) is 1. The van der Waals surface area contributed by atoms with Crippen molar-refractivity contribution in [3.8, 4) is 22.9 Å². The van der Waals surface area contributed by atoms with E-state index < -0.39 is 15.0 Å². The van der Waals surface area contributed by atoms with Gasteiger partial charge in [0.05, 0.1) is 33.8 Å². The molecule has 14 nitrogen and oxygen atoms in total. The van der Waals surface area contributed by atoms with Gasteiger partial charge in [-0.25, -0.2) is 4.98 Å². The lowest BCUT2D eigenvalue weighted by Gasteiger charge is -2.07. The van der Waals surface area contributed by atoms with Crippen LogP contribution in [0.2, 0.25) is 0 Å². The van der Waals surface area contributed by atoms with Gasteiger partial charge in [-0.3, -0.25) is 19.5 Å². The van der Waals surface area contributed by atoms with Crippen molar-refractivity contribution in [3.05, 3.63) is 162 Å². The maximum absolute atomic E-state index is 12.0. The van der Waals surface area contributed by atoms with E-state index in [0.29, 0.717) is 35.4 Å². The second-order valence-corrected chi connectivity index (χ2v) is 16.3. The van der Waals surface area contributed by atoms with Crippen LogP contribution >= 0.6 is 0 Å². The lowest BCUT2D eigenvalue weighted by atomic mass is 10.00. The molecule has 0 unspecified atom stereocenters. The number of H-pyrrole nitrogens is 1. The molecule has 0 atom stereocenters. The third kappa shape index (κ3) is 7.31. The van der Waals surface area contributed by atoms with Gasteiger partial charge in [0.15, 0.2) is 11.5 Å². The van der Waals surface area contributed by atoms with Crippen LogP contribution in [0.1, 0.15) is 27.8 Å². The van der Waals surface area contributed by atoms with Crippen LogP contribution in [0.15, 0.2) is 164 Å². The fourth-order valence-electron chi connectivity index (χ4n) is 7.61. The van der Waals surface area contributed by atoms with Gasteiger partial charge in [0.1, 0.15) is 33.1 Å². The van der Waals surface area contributed by atoms with E-state index >= 15 is 0 Å². The number of aromatic hydroxyl groups is 2. The molecule has 15 heteroatoms.